The molecule has 0 saturated heterocycles. The van der Waals surface area contributed by atoms with Crippen LogP contribution in [0.3, 0.4) is 0 Å². The van der Waals surface area contributed by atoms with E-state index in [4.69, 9.17) is 21.4 Å². The predicted octanol–water partition coefficient (Wildman–Crippen LogP) is 5.17. The zero-order valence-corrected chi connectivity index (χ0v) is 26.0. The molecule has 0 aliphatic carbocycles. The molecule has 10 nitrogen and oxygen atoms in total. The molecular formula is C34H38ClN5O5. The van der Waals surface area contributed by atoms with Crippen LogP contribution in [0.2, 0.25) is 5.02 Å². The summed E-state index contributed by atoms with van der Waals surface area (Å²) in [4.78, 5) is 27.3. The number of amides is 3. The van der Waals surface area contributed by atoms with E-state index in [1.165, 1.54) is 0 Å². The third-order valence-corrected chi connectivity index (χ3v) is 8.15. The summed E-state index contributed by atoms with van der Waals surface area (Å²) in [5.74, 6) is 0.828. The summed E-state index contributed by atoms with van der Waals surface area (Å²) in [7, 11) is 0. The Morgan fingerprint density at radius 3 is 2.80 bits per heavy atom. The summed E-state index contributed by atoms with van der Waals surface area (Å²) in [5.41, 5.74) is 6.57. The number of aromatic nitrogens is 2. The smallest absolute Gasteiger partial charge is 0.319 e. The molecule has 0 fully saturated rings. The molecule has 1 aliphatic heterocycles. The number of carbonyl (C=O) groups is 2. The van der Waals surface area contributed by atoms with Crippen molar-refractivity contribution in [1.29, 1.82) is 0 Å². The molecule has 4 N–H and O–H groups in total. The maximum absolute atomic E-state index is 13.3. The number of hydrogen-bond donors (Lipinski definition) is 4. The first-order valence-electron chi connectivity index (χ1n) is 15.1. The zero-order valence-electron chi connectivity index (χ0n) is 25.2. The molecule has 0 saturated carbocycles. The third kappa shape index (κ3) is 8.21. The van der Waals surface area contributed by atoms with Crippen LogP contribution in [0.5, 0.6) is 5.75 Å². The minimum absolute atomic E-state index is 0.0489. The van der Waals surface area contributed by atoms with E-state index in [0.717, 1.165) is 52.1 Å². The molecule has 0 bridgehead atoms. The highest BCUT2D eigenvalue weighted by atomic mass is 35.5. The monoisotopic (exact) mass is 631 g/mol. The van der Waals surface area contributed by atoms with E-state index < -0.39 is 18.7 Å². The highest BCUT2D eigenvalue weighted by Gasteiger charge is 2.25. The van der Waals surface area contributed by atoms with Gasteiger partial charge in [-0.2, -0.15) is 5.10 Å². The molecule has 0 spiro atoms. The highest BCUT2D eigenvalue weighted by Crippen LogP contribution is 2.36. The molecule has 1 atom stereocenters. The number of anilines is 2. The molecule has 5 rings (SSSR count). The second-order valence-corrected chi connectivity index (χ2v) is 11.5. The molecule has 0 radical (unpaired) electrons. The van der Waals surface area contributed by atoms with Crippen molar-refractivity contribution < 1.29 is 24.5 Å². The van der Waals surface area contributed by atoms with Crippen LogP contribution in [0.1, 0.15) is 36.0 Å². The van der Waals surface area contributed by atoms with Crippen LogP contribution in [0.15, 0.2) is 73.1 Å². The van der Waals surface area contributed by atoms with Gasteiger partial charge in [0.1, 0.15) is 5.75 Å². The number of aliphatic hydroxyl groups is 2. The maximum Gasteiger partial charge on any atom is 0.319 e. The predicted molar refractivity (Wildman–Crippen MR) is 175 cm³/mol. The van der Waals surface area contributed by atoms with E-state index in [9.17, 15) is 14.7 Å². The van der Waals surface area contributed by atoms with Gasteiger partial charge in [0.05, 0.1) is 32.1 Å². The van der Waals surface area contributed by atoms with Crippen molar-refractivity contribution in [2.45, 2.75) is 45.3 Å². The van der Waals surface area contributed by atoms with Crippen LogP contribution in [0.4, 0.5) is 16.2 Å². The van der Waals surface area contributed by atoms with Crippen LogP contribution in [0.25, 0.3) is 11.1 Å². The van der Waals surface area contributed by atoms with Crippen LogP contribution in [-0.2, 0) is 17.8 Å². The minimum Gasteiger partial charge on any atom is -0.493 e. The summed E-state index contributed by atoms with van der Waals surface area (Å²) in [6.07, 6.45) is 5.59. The fraction of sp³-hybridized carbons (Fsp3) is 0.324. The van der Waals surface area contributed by atoms with Crippen molar-refractivity contribution >= 4 is 34.9 Å². The Morgan fingerprint density at radius 1 is 1.13 bits per heavy atom. The van der Waals surface area contributed by atoms with Crippen LogP contribution < -0.4 is 20.3 Å². The fourth-order valence-electron chi connectivity index (χ4n) is 5.41. The normalized spacial score (nSPS) is 13.2. The SMILES string of the molecule is Cc1c(Cl)cccc1OCCCC(=O)N1CCCc2c(-c3cnn(Cc4cccc(NC(=O)NCC(O)CO)c4)c3)cccc21. The van der Waals surface area contributed by atoms with E-state index in [0.29, 0.717) is 43.2 Å². The highest BCUT2D eigenvalue weighted by molar-refractivity contribution is 6.31. The average molecular weight is 632 g/mol. The van der Waals surface area contributed by atoms with Crippen molar-refractivity contribution in [2.75, 3.05) is 36.5 Å². The molecule has 3 aromatic carbocycles. The first-order valence-corrected chi connectivity index (χ1v) is 15.5. The van der Waals surface area contributed by atoms with Gasteiger partial charge in [-0.3, -0.25) is 9.48 Å². The summed E-state index contributed by atoms with van der Waals surface area (Å²) in [6.45, 7) is 3.07. The number of nitrogens with zero attached hydrogens (tertiary/aromatic N) is 3. The van der Waals surface area contributed by atoms with Gasteiger partial charge in [0.15, 0.2) is 0 Å². The minimum atomic E-state index is -1.01. The van der Waals surface area contributed by atoms with Crippen LogP contribution >= 0.6 is 11.6 Å². The number of hydrogen-bond acceptors (Lipinski definition) is 6. The Hall–Kier alpha value is -4.38. The molecule has 3 amide bonds. The fourth-order valence-corrected chi connectivity index (χ4v) is 5.58. The van der Waals surface area contributed by atoms with E-state index in [-0.39, 0.29) is 12.5 Å². The Morgan fingerprint density at radius 2 is 1.96 bits per heavy atom. The maximum atomic E-state index is 13.3. The van der Waals surface area contributed by atoms with Crippen molar-refractivity contribution in [3.05, 3.63) is 94.8 Å². The number of benzene rings is 3. The number of ether oxygens (including phenoxy) is 1. The Balaban J connectivity index is 1.21. The van der Waals surface area contributed by atoms with Gasteiger partial charge >= 0.3 is 6.03 Å². The lowest BCUT2D eigenvalue weighted by molar-refractivity contribution is -0.118. The summed E-state index contributed by atoms with van der Waals surface area (Å²) < 4.78 is 7.74. The summed E-state index contributed by atoms with van der Waals surface area (Å²) >= 11 is 6.19. The Bertz CT molecular complexity index is 1640. The number of urea groups is 1. The van der Waals surface area contributed by atoms with Gasteiger partial charge in [-0.25, -0.2) is 4.79 Å². The number of nitrogens with one attached hydrogen (secondary N) is 2. The quantitative estimate of drug-likeness (QED) is 0.160. The number of rotatable bonds is 12. The molecule has 1 aromatic heterocycles. The van der Waals surface area contributed by atoms with Gasteiger partial charge in [-0.15, -0.1) is 0 Å². The molecule has 1 unspecified atom stereocenters. The summed E-state index contributed by atoms with van der Waals surface area (Å²) in [6, 6.07) is 18.6. The largest absolute Gasteiger partial charge is 0.493 e. The number of fused-ring (bicyclic) bond motifs is 1. The number of halogens is 1. The molecule has 236 valence electrons. The number of aliphatic hydroxyl groups excluding tert-OH is 2. The molecule has 1 aliphatic rings. The Labute approximate surface area is 267 Å². The lowest BCUT2D eigenvalue weighted by Gasteiger charge is -2.31. The first kappa shape index (κ1) is 32.0. The van der Waals surface area contributed by atoms with Crippen molar-refractivity contribution in [1.82, 2.24) is 15.1 Å². The van der Waals surface area contributed by atoms with E-state index in [1.54, 1.807) is 6.07 Å². The molecule has 4 aromatic rings. The third-order valence-electron chi connectivity index (χ3n) is 7.74. The van der Waals surface area contributed by atoms with E-state index in [2.05, 4.69) is 21.8 Å². The lowest BCUT2D eigenvalue weighted by Crippen LogP contribution is -2.36. The van der Waals surface area contributed by atoms with Gasteiger partial charge in [0.2, 0.25) is 5.91 Å². The molecule has 2 heterocycles. The molecule has 11 heteroatoms. The van der Waals surface area contributed by atoms with Gasteiger partial charge in [-0.05, 0) is 73.2 Å². The average Bonchev–Trinajstić information content (AvgIpc) is 3.51. The van der Waals surface area contributed by atoms with Gasteiger partial charge < -0.3 is 30.5 Å². The standard InChI is InChI=1S/C34H38ClN5O5/c1-23-30(35)11-4-13-32(23)45-16-6-14-33(43)40-15-5-10-29-28(9-3-12-31(29)40)25-18-37-39(21-25)20-24-7-2-8-26(17-24)38-34(44)36-19-27(42)22-41/h2-4,7-9,11-13,17-18,21,27,41-42H,5-6,10,14-16,19-20,22H2,1H3,(H2,36,38,44). The van der Waals surface area contributed by atoms with E-state index >= 15 is 0 Å². The van der Waals surface area contributed by atoms with Crippen LogP contribution in [-0.4, -0.2) is 64.3 Å². The lowest BCUT2D eigenvalue weighted by atomic mass is 9.93. The van der Waals surface area contributed by atoms with Gasteiger partial charge in [0.25, 0.3) is 0 Å². The van der Waals surface area contributed by atoms with Crippen LogP contribution in [0, 0.1) is 6.92 Å². The number of carbonyl (C=O) groups excluding carboxylic acids is 2. The van der Waals surface area contributed by atoms with Gasteiger partial charge in [-0.1, -0.05) is 41.9 Å². The van der Waals surface area contributed by atoms with Crippen molar-refractivity contribution in [3.8, 4) is 16.9 Å². The zero-order chi connectivity index (χ0) is 31.8. The first-order chi connectivity index (χ1) is 21.8. The molecule has 45 heavy (non-hydrogen) atoms. The summed E-state index contributed by atoms with van der Waals surface area (Å²) in [5, 5.41) is 28.8. The second kappa shape index (κ2) is 15.1. The topological polar surface area (TPSA) is 129 Å². The molecular weight excluding hydrogens is 594 g/mol. The van der Waals surface area contributed by atoms with Crippen molar-refractivity contribution in [3.63, 3.8) is 0 Å². The second-order valence-electron chi connectivity index (χ2n) is 11.1. The van der Waals surface area contributed by atoms with Crippen molar-refractivity contribution in [2.24, 2.45) is 0 Å². The van der Waals surface area contributed by atoms with Gasteiger partial charge in [0, 0.05) is 53.2 Å². The Kier molecular flexibility index (Phi) is 10.7. The van der Waals surface area contributed by atoms with E-state index in [1.807, 2.05) is 77.4 Å².